The Morgan fingerprint density at radius 2 is 1.94 bits per heavy atom. The maximum absolute atomic E-state index is 12.8. The zero-order chi connectivity index (χ0) is 22.9. The summed E-state index contributed by atoms with van der Waals surface area (Å²) < 4.78 is 9.30. The maximum atomic E-state index is 12.8. The minimum absolute atomic E-state index is 0.275. The van der Waals surface area contributed by atoms with Gasteiger partial charge in [-0.05, 0) is 48.5 Å². The zero-order valence-electron chi connectivity index (χ0n) is 17.5. The molecule has 0 aliphatic carbocycles. The molecule has 33 heavy (non-hydrogen) atoms. The van der Waals surface area contributed by atoms with Crippen LogP contribution < -0.4 is 15.7 Å². The molecule has 3 heterocycles. The van der Waals surface area contributed by atoms with Crippen LogP contribution in [0.2, 0.25) is 0 Å². The largest absolute Gasteiger partial charge is 0.497 e. The van der Waals surface area contributed by atoms with Crippen LogP contribution >= 0.6 is 0 Å². The molecule has 0 unspecified atom stereocenters. The van der Waals surface area contributed by atoms with Crippen LogP contribution in [0.4, 0.5) is 5.69 Å². The smallest absolute Gasteiger partial charge is 0.350 e. The molecule has 162 valence electrons. The van der Waals surface area contributed by atoms with Gasteiger partial charge in [-0.1, -0.05) is 6.07 Å². The Hall–Kier alpha value is -4.91. The van der Waals surface area contributed by atoms with E-state index in [1.807, 2.05) is 36.4 Å². The van der Waals surface area contributed by atoms with E-state index < -0.39 is 11.6 Å². The van der Waals surface area contributed by atoms with E-state index in [4.69, 9.17) is 10.00 Å². The van der Waals surface area contributed by atoms with Crippen molar-refractivity contribution in [3.05, 3.63) is 83.0 Å². The molecule has 5 aromatic rings. The van der Waals surface area contributed by atoms with Crippen LogP contribution in [0.5, 0.6) is 5.75 Å². The second-order valence-corrected chi connectivity index (χ2v) is 7.26. The van der Waals surface area contributed by atoms with Crippen molar-refractivity contribution in [2.75, 3.05) is 12.4 Å². The Morgan fingerprint density at radius 1 is 1.12 bits per heavy atom. The van der Waals surface area contributed by atoms with Crippen LogP contribution in [0, 0.1) is 11.3 Å². The minimum Gasteiger partial charge on any atom is -0.497 e. The van der Waals surface area contributed by atoms with Crippen LogP contribution in [0.15, 0.2) is 71.8 Å². The molecule has 1 N–H and O–H groups in total. The number of fused-ring (bicyclic) bond motifs is 3. The highest BCUT2D eigenvalue weighted by Crippen LogP contribution is 2.23. The summed E-state index contributed by atoms with van der Waals surface area (Å²) >= 11 is 0. The molecule has 0 bridgehead atoms. The van der Waals surface area contributed by atoms with Crippen LogP contribution in [-0.4, -0.2) is 36.8 Å². The lowest BCUT2D eigenvalue weighted by Gasteiger charge is -2.04. The predicted molar refractivity (Wildman–Crippen MR) is 120 cm³/mol. The fourth-order valence-electron chi connectivity index (χ4n) is 3.54. The molecule has 5 rings (SSSR count). The third kappa shape index (κ3) is 3.68. The number of nitriles is 1. The van der Waals surface area contributed by atoms with Gasteiger partial charge >= 0.3 is 5.69 Å². The number of hydrogen-bond acceptors (Lipinski definition) is 6. The number of nitrogens with one attached hydrogen (secondary N) is 1. The van der Waals surface area contributed by atoms with Gasteiger partial charge in [-0.15, -0.1) is 5.10 Å². The molecular weight excluding hydrogens is 422 g/mol. The standard InChI is InChI=1S/C23H17N7O3/c1-33-18-7-5-16(6-8-18)19-12-20-22-27-30(23(32)28(22)9-10-29(20)26-19)14-21(31)25-17-4-2-3-15(11-17)13-24/h2-12H,14H2,1H3,(H,25,31). The van der Waals surface area contributed by atoms with Crippen molar-refractivity contribution in [2.45, 2.75) is 6.54 Å². The highest BCUT2D eigenvalue weighted by molar-refractivity contribution is 5.90. The Kier molecular flexibility index (Phi) is 4.84. The fourth-order valence-corrected chi connectivity index (χ4v) is 3.54. The van der Waals surface area contributed by atoms with Gasteiger partial charge in [0.05, 0.1) is 24.4 Å². The number of hydrogen-bond donors (Lipinski definition) is 1. The molecule has 0 atom stereocenters. The third-order valence-electron chi connectivity index (χ3n) is 5.15. The van der Waals surface area contributed by atoms with Crippen molar-refractivity contribution in [2.24, 2.45) is 0 Å². The van der Waals surface area contributed by atoms with E-state index in [1.54, 1.807) is 48.3 Å². The van der Waals surface area contributed by atoms with Gasteiger partial charge in [-0.3, -0.25) is 4.79 Å². The first-order valence-electron chi connectivity index (χ1n) is 9.98. The molecule has 3 aromatic heterocycles. The molecule has 0 aliphatic rings. The van der Waals surface area contributed by atoms with Gasteiger partial charge in [0.15, 0.2) is 5.65 Å². The van der Waals surface area contributed by atoms with Crippen LogP contribution in [0.3, 0.4) is 0 Å². The minimum atomic E-state index is -0.444. The molecule has 10 heteroatoms. The Balaban J connectivity index is 1.46. The number of nitrogens with zero attached hydrogens (tertiary/aromatic N) is 6. The SMILES string of the molecule is COc1ccc(-c2cc3c4nn(CC(=O)Nc5cccc(C#N)c5)c(=O)n4ccn3n2)cc1. The summed E-state index contributed by atoms with van der Waals surface area (Å²) in [6.45, 7) is -0.275. The number of carbonyl (C=O) groups excluding carboxylic acids is 1. The molecule has 0 aliphatic heterocycles. The first-order valence-corrected chi connectivity index (χ1v) is 9.98. The second kappa shape index (κ2) is 7.97. The Labute approximate surface area is 186 Å². The average Bonchev–Trinajstić information content (AvgIpc) is 3.41. The molecule has 0 saturated heterocycles. The number of methoxy groups -OCH3 is 1. The topological polar surface area (TPSA) is 119 Å². The van der Waals surface area contributed by atoms with Crippen LogP contribution in [-0.2, 0) is 11.3 Å². The summed E-state index contributed by atoms with van der Waals surface area (Å²) in [6, 6.07) is 17.9. The lowest BCUT2D eigenvalue weighted by atomic mass is 10.1. The van der Waals surface area contributed by atoms with Crippen LogP contribution in [0.25, 0.3) is 22.4 Å². The van der Waals surface area contributed by atoms with Gasteiger partial charge in [0, 0.05) is 23.6 Å². The van der Waals surface area contributed by atoms with E-state index in [0.717, 1.165) is 16.0 Å². The van der Waals surface area contributed by atoms with E-state index in [9.17, 15) is 9.59 Å². The van der Waals surface area contributed by atoms with Gasteiger partial charge in [-0.25, -0.2) is 18.4 Å². The molecule has 1 amide bonds. The number of anilines is 1. The first kappa shape index (κ1) is 20.0. The van der Waals surface area contributed by atoms with Gasteiger partial charge in [0.1, 0.15) is 17.8 Å². The highest BCUT2D eigenvalue weighted by Gasteiger charge is 2.15. The van der Waals surface area contributed by atoms with E-state index in [-0.39, 0.29) is 6.54 Å². The highest BCUT2D eigenvalue weighted by atomic mass is 16.5. The Morgan fingerprint density at radius 3 is 2.70 bits per heavy atom. The molecule has 2 aromatic carbocycles. The molecular formula is C23H17N7O3. The van der Waals surface area contributed by atoms with Crippen LogP contribution in [0.1, 0.15) is 5.56 Å². The average molecular weight is 439 g/mol. The zero-order valence-corrected chi connectivity index (χ0v) is 17.5. The molecule has 0 spiro atoms. The number of carbonyl (C=O) groups is 1. The van der Waals surface area contributed by atoms with Crippen molar-refractivity contribution in [3.8, 4) is 23.1 Å². The second-order valence-electron chi connectivity index (χ2n) is 7.26. The first-order chi connectivity index (χ1) is 16.1. The third-order valence-corrected chi connectivity index (χ3v) is 5.15. The van der Waals surface area contributed by atoms with E-state index in [2.05, 4.69) is 15.5 Å². The summed E-state index contributed by atoms with van der Waals surface area (Å²) in [6.07, 6.45) is 3.23. The number of benzene rings is 2. The van der Waals surface area contributed by atoms with Gasteiger partial charge in [0.2, 0.25) is 5.91 Å². The van der Waals surface area contributed by atoms with Gasteiger partial charge in [0.25, 0.3) is 0 Å². The summed E-state index contributed by atoms with van der Waals surface area (Å²) in [4.78, 5) is 25.3. The molecule has 10 nitrogen and oxygen atoms in total. The number of aromatic nitrogens is 5. The number of ether oxygens (including phenoxy) is 1. The normalized spacial score (nSPS) is 10.9. The van der Waals surface area contributed by atoms with E-state index in [0.29, 0.717) is 28.1 Å². The monoisotopic (exact) mass is 439 g/mol. The lowest BCUT2D eigenvalue weighted by molar-refractivity contribution is -0.117. The molecule has 0 radical (unpaired) electrons. The van der Waals surface area contributed by atoms with Crippen molar-refractivity contribution < 1.29 is 9.53 Å². The lowest BCUT2D eigenvalue weighted by Crippen LogP contribution is -2.28. The predicted octanol–water partition coefficient (Wildman–Crippen LogP) is 2.33. The summed E-state index contributed by atoms with van der Waals surface area (Å²) in [5.41, 5.74) is 3.06. The number of amides is 1. The fraction of sp³-hybridized carbons (Fsp3) is 0.0870. The number of rotatable bonds is 5. The van der Waals surface area contributed by atoms with Crippen molar-refractivity contribution in [1.82, 2.24) is 23.8 Å². The maximum Gasteiger partial charge on any atom is 0.350 e. The van der Waals surface area contributed by atoms with Gasteiger partial charge < -0.3 is 10.1 Å². The Bertz CT molecular complexity index is 1600. The van der Waals surface area contributed by atoms with Gasteiger partial charge in [-0.2, -0.15) is 10.4 Å². The molecule has 0 saturated carbocycles. The van der Waals surface area contributed by atoms with Crippen molar-refractivity contribution in [1.29, 1.82) is 5.26 Å². The summed E-state index contributed by atoms with van der Waals surface area (Å²) in [5.74, 6) is 0.312. The summed E-state index contributed by atoms with van der Waals surface area (Å²) in [7, 11) is 1.61. The van der Waals surface area contributed by atoms with E-state index in [1.165, 1.54) is 4.40 Å². The van der Waals surface area contributed by atoms with E-state index >= 15 is 0 Å². The van der Waals surface area contributed by atoms with Crippen molar-refractivity contribution >= 4 is 22.8 Å². The molecule has 0 fully saturated rings. The summed E-state index contributed by atoms with van der Waals surface area (Å²) in [5, 5.41) is 20.6. The quantitative estimate of drug-likeness (QED) is 0.449. The van der Waals surface area contributed by atoms with Crippen molar-refractivity contribution in [3.63, 3.8) is 0 Å².